The molecule has 0 aliphatic rings. The van der Waals surface area contributed by atoms with Crippen molar-refractivity contribution in [3.05, 3.63) is 52.1 Å². The first kappa shape index (κ1) is 11.3. The number of rotatable bonds is 3. The van der Waals surface area contributed by atoms with E-state index in [9.17, 15) is 0 Å². The predicted molar refractivity (Wildman–Crippen MR) is 64.5 cm³/mol. The van der Waals surface area contributed by atoms with Crippen LogP contribution in [0.15, 0.2) is 39.9 Å². The Balaban J connectivity index is 2.40. The van der Waals surface area contributed by atoms with Crippen LogP contribution in [0.5, 0.6) is 0 Å². The molecule has 84 valence electrons. The van der Waals surface area contributed by atoms with Crippen molar-refractivity contribution in [3.63, 3.8) is 0 Å². The van der Waals surface area contributed by atoms with Gasteiger partial charge >= 0.3 is 0 Å². The van der Waals surface area contributed by atoms with Crippen LogP contribution in [0.2, 0.25) is 0 Å². The average Bonchev–Trinajstić information content (AvgIpc) is 2.67. The Labute approximate surface area is 102 Å². The molecular formula is C11H12BrN3O. The third-order valence-electron chi connectivity index (χ3n) is 2.35. The van der Waals surface area contributed by atoms with Crippen LogP contribution in [0.4, 0.5) is 0 Å². The Hall–Kier alpha value is -1.17. The molecule has 0 spiro atoms. The molecule has 0 amide bonds. The summed E-state index contributed by atoms with van der Waals surface area (Å²) in [4.78, 5) is 4.15. The molecule has 0 aliphatic heterocycles. The van der Waals surface area contributed by atoms with E-state index in [4.69, 9.17) is 10.3 Å². The summed E-state index contributed by atoms with van der Waals surface area (Å²) in [6, 6.07) is 3.79. The van der Waals surface area contributed by atoms with Gasteiger partial charge < -0.3 is 4.42 Å². The number of pyridine rings is 1. The molecule has 1 atom stereocenters. The molecule has 3 N–H and O–H groups in total. The fourth-order valence-electron chi connectivity index (χ4n) is 1.61. The number of halogens is 1. The van der Waals surface area contributed by atoms with Gasteiger partial charge in [0, 0.05) is 18.0 Å². The minimum Gasteiger partial charge on any atom is -0.457 e. The van der Waals surface area contributed by atoms with Crippen molar-refractivity contribution in [2.75, 3.05) is 0 Å². The summed E-state index contributed by atoms with van der Waals surface area (Å²) < 4.78 is 5.88. The molecule has 0 bridgehead atoms. The van der Waals surface area contributed by atoms with Crippen molar-refractivity contribution in [1.29, 1.82) is 0 Å². The minimum atomic E-state index is -0.125. The first-order valence-electron chi connectivity index (χ1n) is 4.83. The second kappa shape index (κ2) is 4.78. The summed E-state index contributed by atoms with van der Waals surface area (Å²) >= 11 is 3.34. The highest BCUT2D eigenvalue weighted by atomic mass is 79.9. The van der Waals surface area contributed by atoms with E-state index in [0.717, 1.165) is 16.7 Å². The molecule has 2 aromatic heterocycles. The smallest absolute Gasteiger partial charge is 0.174 e. The highest BCUT2D eigenvalue weighted by Crippen LogP contribution is 2.28. The lowest BCUT2D eigenvalue weighted by molar-refractivity contribution is 0.526. The van der Waals surface area contributed by atoms with Crippen LogP contribution in [0.3, 0.4) is 0 Å². The van der Waals surface area contributed by atoms with Gasteiger partial charge in [-0.05, 0) is 40.0 Å². The molecule has 0 aromatic carbocycles. The zero-order chi connectivity index (χ0) is 11.5. The molecule has 0 aliphatic carbocycles. The van der Waals surface area contributed by atoms with Crippen LogP contribution in [0.25, 0.3) is 0 Å². The van der Waals surface area contributed by atoms with Crippen LogP contribution < -0.4 is 11.3 Å². The van der Waals surface area contributed by atoms with Crippen molar-refractivity contribution >= 4 is 15.9 Å². The molecule has 5 heteroatoms. The number of nitrogens with two attached hydrogens (primary N) is 1. The van der Waals surface area contributed by atoms with Gasteiger partial charge in [-0.2, -0.15) is 0 Å². The van der Waals surface area contributed by atoms with E-state index in [0.29, 0.717) is 4.67 Å². The normalized spacial score (nSPS) is 12.7. The second-order valence-corrected chi connectivity index (χ2v) is 4.27. The van der Waals surface area contributed by atoms with Crippen molar-refractivity contribution in [1.82, 2.24) is 10.4 Å². The molecule has 4 nitrogen and oxygen atoms in total. The van der Waals surface area contributed by atoms with E-state index in [-0.39, 0.29) is 6.04 Å². The first-order valence-corrected chi connectivity index (χ1v) is 5.62. The lowest BCUT2D eigenvalue weighted by Gasteiger charge is -2.15. The van der Waals surface area contributed by atoms with E-state index in [2.05, 4.69) is 26.3 Å². The summed E-state index contributed by atoms with van der Waals surface area (Å²) in [6.45, 7) is 1.99. The van der Waals surface area contributed by atoms with Gasteiger partial charge in [-0.3, -0.25) is 10.8 Å². The van der Waals surface area contributed by atoms with Crippen molar-refractivity contribution < 1.29 is 4.42 Å². The third kappa shape index (κ3) is 2.16. The monoisotopic (exact) mass is 281 g/mol. The molecule has 1 unspecified atom stereocenters. The minimum absolute atomic E-state index is 0.125. The average molecular weight is 282 g/mol. The van der Waals surface area contributed by atoms with E-state index in [1.54, 1.807) is 12.5 Å². The maximum Gasteiger partial charge on any atom is 0.174 e. The van der Waals surface area contributed by atoms with Crippen molar-refractivity contribution in [2.45, 2.75) is 13.0 Å². The van der Waals surface area contributed by atoms with Crippen molar-refractivity contribution in [2.24, 2.45) is 5.84 Å². The number of aryl methyl sites for hydroxylation is 1. The second-order valence-electron chi connectivity index (χ2n) is 3.54. The number of furan rings is 1. The van der Waals surface area contributed by atoms with Crippen LogP contribution >= 0.6 is 15.9 Å². The number of hydrazine groups is 1. The highest BCUT2D eigenvalue weighted by molar-refractivity contribution is 9.10. The Kier molecular flexibility index (Phi) is 3.38. The van der Waals surface area contributed by atoms with Gasteiger partial charge in [0.05, 0.1) is 12.3 Å². The fourth-order valence-corrected chi connectivity index (χ4v) is 2.08. The Bertz CT molecular complexity index is 484. The van der Waals surface area contributed by atoms with Gasteiger partial charge in [-0.1, -0.05) is 6.07 Å². The SMILES string of the molecule is Cc1cncc(C(NN)c2ccoc2Br)c1. The molecule has 0 saturated carbocycles. The van der Waals surface area contributed by atoms with Gasteiger partial charge in [0.15, 0.2) is 4.67 Å². The Morgan fingerprint density at radius 1 is 1.50 bits per heavy atom. The molecule has 0 fully saturated rings. The quantitative estimate of drug-likeness (QED) is 0.669. The fraction of sp³-hybridized carbons (Fsp3) is 0.182. The van der Waals surface area contributed by atoms with E-state index >= 15 is 0 Å². The van der Waals surface area contributed by atoms with Gasteiger partial charge in [0.25, 0.3) is 0 Å². The van der Waals surface area contributed by atoms with Gasteiger partial charge in [-0.15, -0.1) is 0 Å². The van der Waals surface area contributed by atoms with Gasteiger partial charge in [0.1, 0.15) is 0 Å². The van der Waals surface area contributed by atoms with E-state index < -0.39 is 0 Å². The first-order chi connectivity index (χ1) is 7.72. The largest absolute Gasteiger partial charge is 0.457 e. The summed E-state index contributed by atoms with van der Waals surface area (Å²) in [6.07, 6.45) is 5.21. The molecule has 0 saturated heterocycles. The van der Waals surface area contributed by atoms with Crippen LogP contribution in [0, 0.1) is 6.92 Å². The van der Waals surface area contributed by atoms with Crippen molar-refractivity contribution in [3.8, 4) is 0 Å². The number of nitrogens with zero attached hydrogens (tertiary/aromatic N) is 1. The number of hydrogen-bond acceptors (Lipinski definition) is 4. The lowest BCUT2D eigenvalue weighted by Crippen LogP contribution is -2.28. The zero-order valence-electron chi connectivity index (χ0n) is 8.77. The molecule has 0 radical (unpaired) electrons. The maximum atomic E-state index is 5.57. The molecular weight excluding hydrogens is 270 g/mol. The van der Waals surface area contributed by atoms with E-state index in [1.165, 1.54) is 0 Å². The van der Waals surface area contributed by atoms with Gasteiger partial charge in [0.2, 0.25) is 0 Å². The summed E-state index contributed by atoms with van der Waals surface area (Å²) in [5.41, 5.74) is 5.81. The summed E-state index contributed by atoms with van der Waals surface area (Å²) in [5, 5.41) is 0. The predicted octanol–water partition coefficient (Wildman–Crippen LogP) is 2.30. The molecule has 16 heavy (non-hydrogen) atoms. The summed E-state index contributed by atoms with van der Waals surface area (Å²) in [5.74, 6) is 5.57. The highest BCUT2D eigenvalue weighted by Gasteiger charge is 2.17. The maximum absolute atomic E-state index is 5.57. The molecule has 2 aromatic rings. The van der Waals surface area contributed by atoms with E-state index in [1.807, 2.05) is 25.3 Å². The van der Waals surface area contributed by atoms with Crippen LogP contribution in [-0.2, 0) is 0 Å². The lowest BCUT2D eigenvalue weighted by atomic mass is 10.0. The third-order valence-corrected chi connectivity index (χ3v) is 3.00. The van der Waals surface area contributed by atoms with Crippen LogP contribution in [0.1, 0.15) is 22.7 Å². The number of aromatic nitrogens is 1. The molecule has 2 rings (SSSR count). The van der Waals surface area contributed by atoms with Crippen LogP contribution in [-0.4, -0.2) is 4.98 Å². The zero-order valence-corrected chi connectivity index (χ0v) is 10.4. The summed E-state index contributed by atoms with van der Waals surface area (Å²) in [7, 11) is 0. The number of hydrogen-bond donors (Lipinski definition) is 2. The molecule has 2 heterocycles. The number of nitrogens with one attached hydrogen (secondary N) is 1. The van der Waals surface area contributed by atoms with Gasteiger partial charge in [-0.25, -0.2) is 5.43 Å². The Morgan fingerprint density at radius 2 is 2.31 bits per heavy atom. The standard InChI is InChI=1S/C11H12BrN3O/c1-7-4-8(6-14-5-7)10(15-13)9-2-3-16-11(9)12/h2-6,10,15H,13H2,1H3. The topological polar surface area (TPSA) is 64.1 Å². The Morgan fingerprint density at radius 3 is 2.88 bits per heavy atom.